The minimum Gasteiger partial charge on any atom is -0.478 e. The number of benzene rings is 1. The van der Waals surface area contributed by atoms with Crippen LogP contribution in [0.3, 0.4) is 0 Å². The Balaban J connectivity index is 2.45. The number of carboxylic acid groups (broad SMARTS) is 1. The summed E-state index contributed by atoms with van der Waals surface area (Å²) in [6.45, 7) is 0. The number of nitro groups is 1. The molecule has 0 aliphatic rings. The molecule has 0 atom stereocenters. The fourth-order valence-corrected chi connectivity index (χ4v) is 1.82. The molecule has 0 amide bonds. The Morgan fingerprint density at radius 2 is 2.10 bits per heavy atom. The molecular formula is C12H7BrN2O5. The van der Waals surface area contributed by atoms with Crippen LogP contribution < -0.4 is 4.74 Å². The highest BCUT2D eigenvalue weighted by molar-refractivity contribution is 9.10. The lowest BCUT2D eigenvalue weighted by Gasteiger charge is -2.08. The van der Waals surface area contributed by atoms with Gasteiger partial charge in [0.25, 0.3) is 0 Å². The maximum Gasteiger partial charge on any atom is 0.339 e. The lowest BCUT2D eigenvalue weighted by atomic mass is 10.2. The van der Waals surface area contributed by atoms with E-state index in [9.17, 15) is 14.9 Å². The molecule has 0 radical (unpaired) electrons. The van der Waals surface area contributed by atoms with Crippen molar-refractivity contribution >= 4 is 27.6 Å². The SMILES string of the molecule is O=C(O)c1ccncc1Oc1ccc(Br)cc1[N+](=O)[O-]. The van der Waals surface area contributed by atoms with Gasteiger partial charge in [0.15, 0.2) is 5.75 Å². The van der Waals surface area contributed by atoms with Crippen molar-refractivity contribution in [1.29, 1.82) is 0 Å². The third-order valence-electron chi connectivity index (χ3n) is 2.35. The number of carboxylic acids is 1. The summed E-state index contributed by atoms with van der Waals surface area (Å²) in [5.74, 6) is -1.33. The minimum absolute atomic E-state index is 0.0614. The Morgan fingerprint density at radius 1 is 1.35 bits per heavy atom. The summed E-state index contributed by atoms with van der Waals surface area (Å²) in [6.07, 6.45) is 2.49. The van der Waals surface area contributed by atoms with E-state index in [0.717, 1.165) is 0 Å². The number of aromatic nitrogens is 1. The maximum atomic E-state index is 11.0. The molecule has 8 heteroatoms. The summed E-state index contributed by atoms with van der Waals surface area (Å²) < 4.78 is 5.83. The number of hydrogen-bond acceptors (Lipinski definition) is 5. The van der Waals surface area contributed by atoms with Gasteiger partial charge in [-0.3, -0.25) is 15.1 Å². The summed E-state index contributed by atoms with van der Waals surface area (Å²) in [7, 11) is 0. The number of aromatic carboxylic acids is 1. The van der Waals surface area contributed by atoms with Crippen molar-refractivity contribution in [2.75, 3.05) is 0 Å². The molecule has 0 aliphatic heterocycles. The second-order valence-corrected chi connectivity index (χ2v) is 4.56. The molecule has 1 heterocycles. The van der Waals surface area contributed by atoms with Gasteiger partial charge in [-0.2, -0.15) is 0 Å². The monoisotopic (exact) mass is 338 g/mol. The Bertz CT molecular complexity index is 689. The zero-order valence-electron chi connectivity index (χ0n) is 9.82. The molecule has 0 aliphatic carbocycles. The molecule has 1 aromatic carbocycles. The van der Waals surface area contributed by atoms with Crippen LogP contribution in [0.25, 0.3) is 0 Å². The van der Waals surface area contributed by atoms with Gasteiger partial charge < -0.3 is 9.84 Å². The standard InChI is InChI=1S/C12H7BrN2O5/c13-7-1-2-10(9(5-7)15(18)19)20-11-6-14-4-3-8(11)12(16)17/h1-6H,(H,16,17). The van der Waals surface area contributed by atoms with Crippen LogP contribution in [0.2, 0.25) is 0 Å². The first-order valence-electron chi connectivity index (χ1n) is 5.28. The van der Waals surface area contributed by atoms with E-state index in [4.69, 9.17) is 9.84 Å². The van der Waals surface area contributed by atoms with E-state index in [1.54, 1.807) is 6.07 Å². The Hall–Kier alpha value is -2.48. The van der Waals surface area contributed by atoms with Gasteiger partial charge in [-0.15, -0.1) is 0 Å². The number of carbonyl (C=O) groups is 1. The lowest BCUT2D eigenvalue weighted by molar-refractivity contribution is -0.385. The molecule has 20 heavy (non-hydrogen) atoms. The molecule has 0 saturated heterocycles. The zero-order chi connectivity index (χ0) is 14.7. The van der Waals surface area contributed by atoms with Crippen LogP contribution in [-0.2, 0) is 0 Å². The summed E-state index contributed by atoms with van der Waals surface area (Å²) in [5, 5.41) is 20.0. The molecule has 0 saturated carbocycles. The third-order valence-corrected chi connectivity index (χ3v) is 2.85. The van der Waals surface area contributed by atoms with Crippen molar-refractivity contribution in [2.45, 2.75) is 0 Å². The van der Waals surface area contributed by atoms with Crippen LogP contribution in [0.5, 0.6) is 11.5 Å². The second kappa shape index (κ2) is 5.66. The summed E-state index contributed by atoms with van der Waals surface area (Å²) >= 11 is 3.12. The summed E-state index contributed by atoms with van der Waals surface area (Å²) in [4.78, 5) is 25.1. The van der Waals surface area contributed by atoms with Crippen molar-refractivity contribution in [3.63, 3.8) is 0 Å². The van der Waals surface area contributed by atoms with Crippen LogP contribution in [0, 0.1) is 10.1 Å². The summed E-state index contributed by atoms with van der Waals surface area (Å²) in [6, 6.07) is 5.45. The first kappa shape index (κ1) is 13.9. The number of ether oxygens (including phenoxy) is 1. The highest BCUT2D eigenvalue weighted by atomic mass is 79.9. The zero-order valence-corrected chi connectivity index (χ0v) is 11.4. The quantitative estimate of drug-likeness (QED) is 0.678. The molecule has 0 spiro atoms. The normalized spacial score (nSPS) is 10.1. The second-order valence-electron chi connectivity index (χ2n) is 3.65. The van der Waals surface area contributed by atoms with E-state index in [1.165, 1.54) is 30.6 Å². The van der Waals surface area contributed by atoms with Crippen molar-refractivity contribution in [2.24, 2.45) is 0 Å². The molecule has 1 aromatic heterocycles. The summed E-state index contributed by atoms with van der Waals surface area (Å²) in [5.41, 5.74) is -0.406. The average Bonchev–Trinajstić information content (AvgIpc) is 2.41. The molecule has 1 N–H and O–H groups in total. The Kier molecular flexibility index (Phi) is 3.94. The van der Waals surface area contributed by atoms with Gasteiger partial charge in [0.2, 0.25) is 5.75 Å². The van der Waals surface area contributed by atoms with Crippen LogP contribution in [0.15, 0.2) is 41.1 Å². The van der Waals surface area contributed by atoms with Crippen molar-refractivity contribution in [1.82, 2.24) is 4.98 Å². The third kappa shape index (κ3) is 2.91. The van der Waals surface area contributed by atoms with Gasteiger partial charge in [-0.1, -0.05) is 15.9 Å². The smallest absolute Gasteiger partial charge is 0.339 e. The predicted molar refractivity (Wildman–Crippen MR) is 72.1 cm³/mol. The molecule has 0 fully saturated rings. The van der Waals surface area contributed by atoms with E-state index in [0.29, 0.717) is 4.47 Å². The molecule has 2 aromatic rings. The number of nitrogens with zero attached hydrogens (tertiary/aromatic N) is 2. The van der Waals surface area contributed by atoms with E-state index < -0.39 is 10.9 Å². The van der Waals surface area contributed by atoms with Crippen LogP contribution in [0.1, 0.15) is 10.4 Å². The van der Waals surface area contributed by atoms with Crippen LogP contribution in [0.4, 0.5) is 5.69 Å². The highest BCUT2D eigenvalue weighted by Crippen LogP contribution is 2.34. The molecule has 0 unspecified atom stereocenters. The van der Waals surface area contributed by atoms with E-state index in [1.807, 2.05) is 0 Å². The molecule has 102 valence electrons. The Labute approximate surface area is 121 Å². The molecule has 2 rings (SSSR count). The topological polar surface area (TPSA) is 103 Å². The van der Waals surface area contributed by atoms with E-state index in [2.05, 4.69) is 20.9 Å². The maximum absolute atomic E-state index is 11.0. The largest absolute Gasteiger partial charge is 0.478 e. The fourth-order valence-electron chi connectivity index (χ4n) is 1.48. The number of pyridine rings is 1. The number of rotatable bonds is 4. The van der Waals surface area contributed by atoms with Crippen molar-refractivity contribution < 1.29 is 19.6 Å². The number of hydrogen-bond donors (Lipinski definition) is 1. The van der Waals surface area contributed by atoms with Crippen LogP contribution in [-0.4, -0.2) is 21.0 Å². The van der Waals surface area contributed by atoms with Crippen LogP contribution >= 0.6 is 15.9 Å². The Morgan fingerprint density at radius 3 is 2.75 bits per heavy atom. The minimum atomic E-state index is -1.21. The van der Waals surface area contributed by atoms with Gasteiger partial charge in [0.05, 0.1) is 11.1 Å². The molecular weight excluding hydrogens is 332 g/mol. The average molecular weight is 339 g/mol. The molecule has 0 bridgehead atoms. The van der Waals surface area contributed by atoms with Gasteiger partial charge in [0.1, 0.15) is 5.56 Å². The lowest BCUT2D eigenvalue weighted by Crippen LogP contribution is -2.01. The predicted octanol–water partition coefficient (Wildman–Crippen LogP) is 3.24. The first-order valence-corrected chi connectivity index (χ1v) is 6.07. The highest BCUT2D eigenvalue weighted by Gasteiger charge is 2.19. The van der Waals surface area contributed by atoms with Crippen molar-refractivity contribution in [3.05, 3.63) is 56.8 Å². The number of nitro benzene ring substituents is 1. The first-order chi connectivity index (χ1) is 9.49. The van der Waals surface area contributed by atoms with Crippen molar-refractivity contribution in [3.8, 4) is 11.5 Å². The van der Waals surface area contributed by atoms with Gasteiger partial charge in [0, 0.05) is 16.7 Å². The number of halogens is 1. The molecule has 7 nitrogen and oxygen atoms in total. The van der Waals surface area contributed by atoms with Gasteiger partial charge in [-0.25, -0.2) is 4.79 Å². The van der Waals surface area contributed by atoms with Gasteiger partial charge >= 0.3 is 11.7 Å². The fraction of sp³-hybridized carbons (Fsp3) is 0. The van der Waals surface area contributed by atoms with Gasteiger partial charge in [-0.05, 0) is 18.2 Å². The van der Waals surface area contributed by atoms with E-state index in [-0.39, 0.29) is 22.7 Å². The van der Waals surface area contributed by atoms with E-state index >= 15 is 0 Å².